The zero-order valence-corrected chi connectivity index (χ0v) is 19.5. The molecule has 34 heavy (non-hydrogen) atoms. The molecule has 1 fully saturated rings. The van der Waals surface area contributed by atoms with E-state index < -0.39 is 11.9 Å². The molecule has 2 atom stereocenters. The molecule has 10 heteroatoms. The number of ether oxygens (including phenoxy) is 1. The van der Waals surface area contributed by atoms with Gasteiger partial charge in [-0.05, 0) is 62.4 Å². The average Bonchev–Trinajstić information content (AvgIpc) is 3.31. The Morgan fingerprint density at radius 3 is 2.53 bits per heavy atom. The number of hydrogen-bond acceptors (Lipinski definition) is 4. The number of piperidine rings is 1. The van der Waals surface area contributed by atoms with Crippen LogP contribution in [0.25, 0.3) is 11.4 Å². The first-order valence-electron chi connectivity index (χ1n) is 11.2. The van der Waals surface area contributed by atoms with Crippen molar-refractivity contribution in [1.82, 2.24) is 24.5 Å². The normalized spacial score (nSPS) is 19.8. The van der Waals surface area contributed by atoms with Gasteiger partial charge >= 0.3 is 6.18 Å². The third-order valence-electron chi connectivity index (χ3n) is 6.86. The first kappa shape index (κ1) is 22.5. The minimum absolute atomic E-state index is 0.0523. The summed E-state index contributed by atoms with van der Waals surface area (Å²) in [5.74, 6) is 0.553. The van der Waals surface area contributed by atoms with Crippen LogP contribution >= 0.6 is 0 Å². The number of methoxy groups -OCH3 is 1. The number of nitrogens with zero attached hydrogens (tertiary/aromatic N) is 5. The van der Waals surface area contributed by atoms with Crippen molar-refractivity contribution in [1.29, 1.82) is 0 Å². The molecule has 0 aliphatic carbocycles. The highest BCUT2D eigenvalue weighted by atomic mass is 19.4. The van der Waals surface area contributed by atoms with Gasteiger partial charge in [0.15, 0.2) is 5.69 Å². The number of carbonyl (C=O) groups is 1. The van der Waals surface area contributed by atoms with E-state index in [9.17, 15) is 18.0 Å². The van der Waals surface area contributed by atoms with Gasteiger partial charge in [0.05, 0.1) is 30.2 Å². The van der Waals surface area contributed by atoms with Gasteiger partial charge in [0, 0.05) is 31.3 Å². The molecule has 0 radical (unpaired) electrons. The molecule has 180 valence electrons. The summed E-state index contributed by atoms with van der Waals surface area (Å²) in [5, 5.41) is 8.40. The van der Waals surface area contributed by atoms with Gasteiger partial charge in [-0.3, -0.25) is 14.2 Å². The third-order valence-corrected chi connectivity index (χ3v) is 6.86. The summed E-state index contributed by atoms with van der Waals surface area (Å²) in [6.07, 6.45) is -1.43. The summed E-state index contributed by atoms with van der Waals surface area (Å²) in [7, 11) is 4.81. The summed E-state index contributed by atoms with van der Waals surface area (Å²) in [4.78, 5) is 15.6. The number of fused-ring (bicyclic) bond motifs is 4. The lowest BCUT2D eigenvalue weighted by atomic mass is 9.81. The van der Waals surface area contributed by atoms with Crippen LogP contribution in [0.5, 0.6) is 5.75 Å². The molecule has 0 N–H and O–H groups in total. The summed E-state index contributed by atoms with van der Waals surface area (Å²) < 4.78 is 48.1. The minimum atomic E-state index is -4.52. The summed E-state index contributed by atoms with van der Waals surface area (Å²) in [5.41, 5.74) is 3.22. The fourth-order valence-corrected chi connectivity index (χ4v) is 5.44. The molecule has 5 rings (SSSR count). The Morgan fingerprint density at radius 2 is 1.85 bits per heavy atom. The van der Waals surface area contributed by atoms with E-state index in [-0.39, 0.29) is 18.0 Å². The lowest BCUT2D eigenvalue weighted by Crippen LogP contribution is -2.49. The first-order valence-corrected chi connectivity index (χ1v) is 11.2. The zero-order valence-electron chi connectivity index (χ0n) is 19.5. The van der Waals surface area contributed by atoms with E-state index in [1.807, 2.05) is 24.0 Å². The number of benzene rings is 1. The number of alkyl halides is 3. The second kappa shape index (κ2) is 7.89. The van der Waals surface area contributed by atoms with E-state index >= 15 is 0 Å². The van der Waals surface area contributed by atoms with Crippen molar-refractivity contribution in [2.24, 2.45) is 14.1 Å². The smallest absolute Gasteiger partial charge is 0.435 e. The molecule has 2 aliphatic rings. The first-order chi connectivity index (χ1) is 16.1. The van der Waals surface area contributed by atoms with E-state index in [4.69, 9.17) is 9.84 Å². The average molecular weight is 473 g/mol. The Bertz CT molecular complexity index is 1280. The maximum absolute atomic E-state index is 13.7. The molecular formula is C24H26F3N5O2. The van der Waals surface area contributed by atoms with Crippen LogP contribution in [-0.2, 0) is 26.7 Å². The standard InChI is InChI=1S/C24H26F3N5O2/c1-13-8-14(10-16(9-13)34-4)23(33)32-15-6-5-7-18(32)21-17(11-15)22(31(3)29-21)19-12-20(24(25,26)27)28-30(19)2/h8-10,12,15,18H,5-7,11H2,1-4H3/t15-,18+/m1/s1. The molecule has 0 saturated carbocycles. The number of halogens is 3. The second-order valence-corrected chi connectivity index (χ2v) is 9.13. The van der Waals surface area contributed by atoms with Crippen molar-refractivity contribution in [3.05, 3.63) is 52.3 Å². The monoisotopic (exact) mass is 473 g/mol. The molecule has 2 aliphatic heterocycles. The Balaban J connectivity index is 1.57. The summed E-state index contributed by atoms with van der Waals surface area (Å²) in [6, 6.07) is 6.27. The van der Waals surface area contributed by atoms with E-state index in [2.05, 4.69) is 5.10 Å². The lowest BCUT2D eigenvalue weighted by Gasteiger charge is -2.45. The van der Waals surface area contributed by atoms with Crippen molar-refractivity contribution in [2.45, 2.75) is 50.9 Å². The molecule has 0 unspecified atom stereocenters. The number of aryl methyl sites for hydroxylation is 3. The highest BCUT2D eigenvalue weighted by molar-refractivity contribution is 5.95. The molecular weight excluding hydrogens is 447 g/mol. The van der Waals surface area contributed by atoms with Crippen molar-refractivity contribution < 1.29 is 22.7 Å². The topological polar surface area (TPSA) is 65.2 Å². The van der Waals surface area contributed by atoms with Gasteiger partial charge in [-0.15, -0.1) is 0 Å². The number of amides is 1. The molecule has 2 bridgehead atoms. The molecule has 3 aromatic rings. The second-order valence-electron chi connectivity index (χ2n) is 9.13. The van der Waals surface area contributed by atoms with Gasteiger partial charge < -0.3 is 9.64 Å². The SMILES string of the molecule is COc1cc(C)cc(C(=O)N2[C@@H]3CCC[C@H]2c2nn(C)c(-c4cc(C(F)(F)F)nn4C)c2C3)c1. The fraction of sp³-hybridized carbons (Fsp3) is 0.458. The Labute approximate surface area is 195 Å². The summed E-state index contributed by atoms with van der Waals surface area (Å²) in [6.45, 7) is 1.92. The molecule has 7 nitrogen and oxygen atoms in total. The van der Waals surface area contributed by atoms with E-state index in [1.165, 1.54) is 11.7 Å². The molecule has 0 spiro atoms. The number of rotatable bonds is 3. The molecule has 1 amide bonds. The minimum Gasteiger partial charge on any atom is -0.497 e. The molecule has 1 aromatic carbocycles. The highest BCUT2D eigenvalue weighted by Crippen LogP contribution is 2.45. The van der Waals surface area contributed by atoms with Crippen molar-refractivity contribution >= 4 is 5.91 Å². The number of aromatic nitrogens is 4. The molecule has 2 aromatic heterocycles. The van der Waals surface area contributed by atoms with Crippen LogP contribution in [0.1, 0.15) is 58.2 Å². The van der Waals surface area contributed by atoms with Gasteiger partial charge in [-0.2, -0.15) is 23.4 Å². The lowest BCUT2D eigenvalue weighted by molar-refractivity contribution is -0.141. The van der Waals surface area contributed by atoms with Crippen LogP contribution in [-0.4, -0.2) is 43.5 Å². The Hall–Kier alpha value is -3.30. The molecule has 1 saturated heterocycles. The summed E-state index contributed by atoms with van der Waals surface area (Å²) >= 11 is 0. The Kier molecular flexibility index (Phi) is 5.22. The largest absolute Gasteiger partial charge is 0.497 e. The third kappa shape index (κ3) is 3.56. The zero-order chi connectivity index (χ0) is 24.4. The van der Waals surface area contributed by atoms with Gasteiger partial charge in [0.1, 0.15) is 5.75 Å². The van der Waals surface area contributed by atoms with Crippen LogP contribution in [0.3, 0.4) is 0 Å². The maximum Gasteiger partial charge on any atom is 0.435 e. The van der Waals surface area contributed by atoms with E-state index in [0.29, 0.717) is 29.1 Å². The Morgan fingerprint density at radius 1 is 1.09 bits per heavy atom. The van der Waals surface area contributed by atoms with Crippen molar-refractivity contribution in [2.75, 3.05) is 7.11 Å². The predicted molar refractivity (Wildman–Crippen MR) is 118 cm³/mol. The van der Waals surface area contributed by atoms with Crippen LogP contribution in [0.15, 0.2) is 24.3 Å². The maximum atomic E-state index is 13.7. The van der Waals surface area contributed by atoms with Crippen LogP contribution < -0.4 is 4.74 Å². The van der Waals surface area contributed by atoms with E-state index in [1.54, 1.807) is 24.9 Å². The van der Waals surface area contributed by atoms with Gasteiger partial charge in [0.2, 0.25) is 0 Å². The highest BCUT2D eigenvalue weighted by Gasteiger charge is 2.44. The number of hydrogen-bond donors (Lipinski definition) is 0. The fourth-order valence-electron chi connectivity index (χ4n) is 5.44. The van der Waals surface area contributed by atoms with Crippen molar-refractivity contribution in [3.63, 3.8) is 0 Å². The van der Waals surface area contributed by atoms with E-state index in [0.717, 1.165) is 42.1 Å². The molecule has 4 heterocycles. The van der Waals surface area contributed by atoms with Crippen LogP contribution in [0.2, 0.25) is 0 Å². The van der Waals surface area contributed by atoms with Gasteiger partial charge in [0.25, 0.3) is 5.91 Å². The van der Waals surface area contributed by atoms with Gasteiger partial charge in [-0.1, -0.05) is 0 Å². The number of carbonyl (C=O) groups excluding carboxylic acids is 1. The van der Waals surface area contributed by atoms with Crippen molar-refractivity contribution in [3.8, 4) is 17.1 Å². The predicted octanol–water partition coefficient (Wildman–Crippen LogP) is 4.45. The van der Waals surface area contributed by atoms with Crippen LogP contribution in [0, 0.1) is 6.92 Å². The van der Waals surface area contributed by atoms with Crippen LogP contribution in [0.4, 0.5) is 13.2 Å². The quantitative estimate of drug-likeness (QED) is 0.564. The van der Waals surface area contributed by atoms with Gasteiger partial charge in [-0.25, -0.2) is 0 Å².